The van der Waals surface area contributed by atoms with Crippen LogP contribution in [-0.2, 0) is 16.0 Å². The molecule has 1 rings (SSSR count). The summed E-state index contributed by atoms with van der Waals surface area (Å²) in [5, 5.41) is 10.8. The number of nitro groups is 1. The molecule has 0 aliphatic rings. The highest BCUT2D eigenvalue weighted by Crippen LogP contribution is 2.26. The summed E-state index contributed by atoms with van der Waals surface area (Å²) < 4.78 is 29.3. The molecule has 0 aliphatic heterocycles. The van der Waals surface area contributed by atoms with Crippen molar-refractivity contribution in [3.63, 3.8) is 0 Å². The zero-order valence-corrected chi connectivity index (χ0v) is 9.65. The lowest BCUT2D eigenvalue weighted by Gasteiger charge is -2.06. The van der Waals surface area contributed by atoms with Gasteiger partial charge in [0.15, 0.2) is 0 Å². The van der Waals surface area contributed by atoms with Crippen molar-refractivity contribution < 1.29 is 23.2 Å². The minimum atomic E-state index is -2.91. The van der Waals surface area contributed by atoms with Gasteiger partial charge in [0.05, 0.1) is 19.1 Å². The maximum atomic E-state index is 12.5. The first kappa shape index (κ1) is 13.9. The van der Waals surface area contributed by atoms with Gasteiger partial charge in [0.25, 0.3) is 0 Å². The number of hydrogen-bond donors (Lipinski definition) is 0. The highest BCUT2D eigenvalue weighted by atomic mass is 19.3. The lowest BCUT2D eigenvalue weighted by molar-refractivity contribution is -0.390. The van der Waals surface area contributed by atoms with Crippen molar-refractivity contribution in [2.24, 2.45) is 0 Å². The molecule has 0 radical (unpaired) electrons. The normalized spacial score (nSPS) is 10.5. The number of methoxy groups -OCH3 is 1. The number of aromatic nitrogens is 1. The Morgan fingerprint density at radius 1 is 1.61 bits per heavy atom. The number of pyridine rings is 1. The van der Waals surface area contributed by atoms with Gasteiger partial charge < -0.3 is 14.9 Å². The molecular weight excluding hydrogens is 250 g/mol. The van der Waals surface area contributed by atoms with Gasteiger partial charge in [-0.15, -0.1) is 0 Å². The van der Waals surface area contributed by atoms with E-state index in [4.69, 9.17) is 0 Å². The Kier molecular flexibility index (Phi) is 4.24. The lowest BCUT2D eigenvalue weighted by Crippen LogP contribution is -2.11. The van der Waals surface area contributed by atoms with Crippen LogP contribution in [0.5, 0.6) is 0 Å². The van der Waals surface area contributed by atoms with Gasteiger partial charge >= 0.3 is 18.2 Å². The van der Waals surface area contributed by atoms with Crippen molar-refractivity contribution >= 4 is 11.8 Å². The van der Waals surface area contributed by atoms with Crippen LogP contribution >= 0.6 is 0 Å². The second-order valence-electron chi connectivity index (χ2n) is 3.48. The van der Waals surface area contributed by atoms with Crippen molar-refractivity contribution in [1.29, 1.82) is 0 Å². The van der Waals surface area contributed by atoms with E-state index >= 15 is 0 Å². The van der Waals surface area contributed by atoms with Gasteiger partial charge in [-0.05, 0) is 28.5 Å². The summed E-state index contributed by atoms with van der Waals surface area (Å²) >= 11 is 0. The molecule has 0 aliphatic carbocycles. The zero-order valence-electron chi connectivity index (χ0n) is 9.65. The Balaban J connectivity index is 3.31. The summed E-state index contributed by atoms with van der Waals surface area (Å²) in [5.74, 6) is -1.44. The van der Waals surface area contributed by atoms with Crippen LogP contribution in [0.4, 0.5) is 14.6 Å². The van der Waals surface area contributed by atoms with Gasteiger partial charge in [0.1, 0.15) is 0 Å². The average Bonchev–Trinajstić information content (AvgIpc) is 2.30. The number of ether oxygens (including phenoxy) is 1. The molecule has 8 heteroatoms. The molecular formula is C10H10F2N2O4. The van der Waals surface area contributed by atoms with Gasteiger partial charge in [0.2, 0.25) is 5.69 Å². The largest absolute Gasteiger partial charge is 0.469 e. The zero-order chi connectivity index (χ0) is 13.9. The van der Waals surface area contributed by atoms with Crippen LogP contribution in [0.1, 0.15) is 23.2 Å². The third-order valence-corrected chi connectivity index (χ3v) is 2.29. The maximum absolute atomic E-state index is 12.5. The molecule has 18 heavy (non-hydrogen) atoms. The summed E-state index contributed by atoms with van der Waals surface area (Å²) in [6, 6.07) is 1.02. The fraction of sp³-hybridized carbons (Fsp3) is 0.400. The van der Waals surface area contributed by atoms with E-state index in [0.717, 1.165) is 13.2 Å². The predicted molar refractivity (Wildman–Crippen MR) is 56.3 cm³/mol. The Morgan fingerprint density at radius 2 is 2.22 bits per heavy atom. The molecule has 0 atom stereocenters. The Hall–Kier alpha value is -2.12. The van der Waals surface area contributed by atoms with E-state index in [1.807, 2.05) is 0 Å². The quantitative estimate of drug-likeness (QED) is 0.469. The van der Waals surface area contributed by atoms with Crippen LogP contribution in [-0.4, -0.2) is 23.0 Å². The fourth-order valence-electron chi connectivity index (χ4n) is 1.41. The number of carbonyl (C=O) groups excluding carboxylic acids is 1. The first-order chi connectivity index (χ1) is 8.36. The van der Waals surface area contributed by atoms with E-state index in [1.54, 1.807) is 0 Å². The monoisotopic (exact) mass is 260 g/mol. The third-order valence-electron chi connectivity index (χ3n) is 2.29. The standard InChI is InChI=1S/C10H10F2N2O4/c1-5-3-7(9(11)12)13-10(14(16)17)6(5)4-8(15)18-2/h3,9H,4H2,1-2H3. The topological polar surface area (TPSA) is 82.3 Å². The van der Waals surface area contributed by atoms with Crippen molar-refractivity contribution in [3.05, 3.63) is 33.0 Å². The molecule has 0 saturated heterocycles. The van der Waals surface area contributed by atoms with Crippen LogP contribution in [0.25, 0.3) is 0 Å². The highest BCUT2D eigenvalue weighted by Gasteiger charge is 2.26. The van der Waals surface area contributed by atoms with E-state index in [2.05, 4.69) is 9.72 Å². The Morgan fingerprint density at radius 3 is 2.67 bits per heavy atom. The van der Waals surface area contributed by atoms with E-state index in [9.17, 15) is 23.7 Å². The number of alkyl halides is 2. The summed E-state index contributed by atoms with van der Waals surface area (Å²) in [6.07, 6.45) is -3.29. The highest BCUT2D eigenvalue weighted by molar-refractivity contribution is 5.74. The molecule has 1 aromatic rings. The van der Waals surface area contributed by atoms with Gasteiger partial charge in [-0.3, -0.25) is 4.79 Å². The smallest absolute Gasteiger partial charge is 0.367 e. The molecule has 0 amide bonds. The number of carbonyl (C=O) groups is 1. The minimum Gasteiger partial charge on any atom is -0.469 e. The van der Waals surface area contributed by atoms with Gasteiger partial charge in [-0.1, -0.05) is 0 Å². The summed E-state index contributed by atoms with van der Waals surface area (Å²) in [7, 11) is 1.13. The molecule has 98 valence electrons. The van der Waals surface area contributed by atoms with Crippen LogP contribution in [0.15, 0.2) is 6.07 Å². The number of rotatable bonds is 4. The fourth-order valence-corrected chi connectivity index (χ4v) is 1.41. The second kappa shape index (κ2) is 5.48. The number of aryl methyl sites for hydroxylation is 1. The number of esters is 1. The molecule has 0 bridgehead atoms. The minimum absolute atomic E-state index is 0.0174. The number of halogens is 2. The Labute approximate surface area is 101 Å². The molecule has 0 saturated carbocycles. The number of nitrogens with zero attached hydrogens (tertiary/aromatic N) is 2. The van der Waals surface area contributed by atoms with E-state index < -0.39 is 28.8 Å². The molecule has 0 aromatic carbocycles. The van der Waals surface area contributed by atoms with E-state index in [1.165, 1.54) is 6.92 Å². The summed E-state index contributed by atoms with van der Waals surface area (Å²) in [4.78, 5) is 24.2. The predicted octanol–water partition coefficient (Wildman–Crippen LogP) is 1.95. The van der Waals surface area contributed by atoms with Gasteiger partial charge in [0, 0.05) is 0 Å². The van der Waals surface area contributed by atoms with Crippen molar-refractivity contribution in [3.8, 4) is 0 Å². The Bertz CT molecular complexity index is 491. The summed E-state index contributed by atoms with van der Waals surface area (Å²) in [6.45, 7) is 1.40. The van der Waals surface area contributed by atoms with E-state index in [-0.39, 0.29) is 17.5 Å². The lowest BCUT2D eigenvalue weighted by atomic mass is 10.1. The van der Waals surface area contributed by atoms with Crippen LogP contribution in [0.3, 0.4) is 0 Å². The van der Waals surface area contributed by atoms with Crippen molar-refractivity contribution in [2.45, 2.75) is 19.8 Å². The number of hydrogen-bond acceptors (Lipinski definition) is 5. The van der Waals surface area contributed by atoms with E-state index in [0.29, 0.717) is 0 Å². The van der Waals surface area contributed by atoms with Gasteiger partial charge in [-0.2, -0.15) is 0 Å². The SMILES string of the molecule is COC(=O)Cc1c(C)cc(C(F)F)nc1[N+](=O)[O-]. The molecule has 0 N–H and O–H groups in total. The van der Waals surface area contributed by atoms with Crippen molar-refractivity contribution in [2.75, 3.05) is 7.11 Å². The molecule has 0 spiro atoms. The molecule has 0 fully saturated rings. The van der Waals surface area contributed by atoms with Gasteiger partial charge in [-0.25, -0.2) is 8.78 Å². The first-order valence-corrected chi connectivity index (χ1v) is 4.86. The second-order valence-corrected chi connectivity index (χ2v) is 3.48. The molecule has 1 heterocycles. The third kappa shape index (κ3) is 2.96. The maximum Gasteiger partial charge on any atom is 0.367 e. The van der Waals surface area contributed by atoms with Crippen LogP contribution in [0.2, 0.25) is 0 Å². The molecule has 1 aromatic heterocycles. The van der Waals surface area contributed by atoms with Crippen molar-refractivity contribution in [1.82, 2.24) is 4.98 Å². The average molecular weight is 260 g/mol. The molecule has 6 nitrogen and oxygen atoms in total. The first-order valence-electron chi connectivity index (χ1n) is 4.86. The van der Waals surface area contributed by atoms with Crippen LogP contribution < -0.4 is 0 Å². The summed E-state index contributed by atoms with van der Waals surface area (Å²) in [5.41, 5.74) is -0.499. The van der Waals surface area contributed by atoms with Crippen LogP contribution in [0, 0.1) is 17.0 Å². The molecule has 0 unspecified atom stereocenters.